The third kappa shape index (κ3) is 3.72. The molecule has 0 saturated heterocycles. The van der Waals surface area contributed by atoms with E-state index in [4.69, 9.17) is 4.74 Å². The molecule has 2 heterocycles. The third-order valence-electron chi connectivity index (χ3n) is 5.77. The van der Waals surface area contributed by atoms with E-state index in [0.717, 1.165) is 31.2 Å². The number of hydrogen-bond donors (Lipinski definition) is 1. The van der Waals surface area contributed by atoms with E-state index in [-0.39, 0.29) is 17.7 Å². The maximum absolute atomic E-state index is 12.6. The zero-order chi connectivity index (χ0) is 19.6. The Morgan fingerprint density at radius 2 is 2.04 bits per heavy atom. The summed E-state index contributed by atoms with van der Waals surface area (Å²) in [6, 6.07) is 11.2. The molecule has 0 unspecified atom stereocenters. The van der Waals surface area contributed by atoms with E-state index in [9.17, 15) is 9.59 Å². The maximum atomic E-state index is 12.6. The summed E-state index contributed by atoms with van der Waals surface area (Å²) in [5.41, 5.74) is 1.18. The van der Waals surface area contributed by atoms with Crippen molar-refractivity contribution in [3.63, 3.8) is 0 Å². The normalized spacial score (nSPS) is 24.2. The molecule has 2 aromatic rings. The molecular weight excluding hydrogens is 354 g/mol. The van der Waals surface area contributed by atoms with Crippen molar-refractivity contribution in [2.24, 2.45) is 5.92 Å². The molecule has 2 aliphatic rings. The molecular formula is C22H25N3O3. The maximum Gasteiger partial charge on any atom is 0.257 e. The first-order valence-corrected chi connectivity index (χ1v) is 9.76. The molecule has 0 radical (unpaired) electrons. The number of hydrogen-bond acceptors (Lipinski definition) is 4. The zero-order valence-corrected chi connectivity index (χ0v) is 16.1. The van der Waals surface area contributed by atoms with E-state index >= 15 is 0 Å². The summed E-state index contributed by atoms with van der Waals surface area (Å²) in [5, 5.41) is 3.02. The van der Waals surface area contributed by atoms with Crippen LogP contribution in [0.15, 0.2) is 48.8 Å². The van der Waals surface area contributed by atoms with Crippen molar-refractivity contribution in [2.75, 3.05) is 13.6 Å². The van der Waals surface area contributed by atoms with E-state index in [2.05, 4.69) is 10.3 Å². The van der Waals surface area contributed by atoms with Crippen molar-refractivity contribution in [2.45, 2.75) is 37.8 Å². The molecule has 1 fully saturated rings. The number of carbonyl (C=O) groups is 2. The topological polar surface area (TPSA) is 71.5 Å². The second-order valence-electron chi connectivity index (χ2n) is 7.80. The average Bonchev–Trinajstić information content (AvgIpc) is 2.82. The van der Waals surface area contributed by atoms with Gasteiger partial charge in [0, 0.05) is 31.9 Å². The fourth-order valence-corrected chi connectivity index (χ4v) is 4.21. The average molecular weight is 379 g/mol. The minimum Gasteiger partial charge on any atom is -0.485 e. The largest absolute Gasteiger partial charge is 0.485 e. The van der Waals surface area contributed by atoms with Gasteiger partial charge in [-0.1, -0.05) is 18.2 Å². The molecule has 0 atom stereocenters. The van der Waals surface area contributed by atoms with E-state index in [0.29, 0.717) is 24.4 Å². The standard InChI is InChI=1S/C22H25N3O3/c1-25-15-22(28-19-7-3-2-6-18(19)21(25)27)10-8-17(9-11-22)20(26)24-14-16-5-4-12-23-13-16/h2-7,12-13,17H,8-11,14-15H2,1H3,(H,24,26). The monoisotopic (exact) mass is 379 g/mol. The molecule has 1 aromatic carbocycles. The molecule has 4 rings (SSSR count). The summed E-state index contributed by atoms with van der Waals surface area (Å²) >= 11 is 0. The highest BCUT2D eigenvalue weighted by atomic mass is 16.5. The van der Waals surface area contributed by atoms with Gasteiger partial charge in [-0.3, -0.25) is 14.6 Å². The van der Waals surface area contributed by atoms with Gasteiger partial charge in [0.1, 0.15) is 11.4 Å². The Hall–Kier alpha value is -2.89. The number of pyridine rings is 1. The first-order valence-electron chi connectivity index (χ1n) is 9.76. The van der Waals surface area contributed by atoms with Gasteiger partial charge >= 0.3 is 0 Å². The second-order valence-corrected chi connectivity index (χ2v) is 7.80. The number of benzene rings is 1. The van der Waals surface area contributed by atoms with Gasteiger partial charge in [0.15, 0.2) is 0 Å². The van der Waals surface area contributed by atoms with E-state index < -0.39 is 5.60 Å². The molecule has 1 saturated carbocycles. The molecule has 6 nitrogen and oxygen atoms in total. The predicted molar refractivity (Wildman–Crippen MR) is 105 cm³/mol. The molecule has 2 amide bonds. The minimum atomic E-state index is -0.420. The highest BCUT2D eigenvalue weighted by Gasteiger charge is 2.43. The number of likely N-dealkylation sites (N-methyl/N-ethyl adjacent to an activating group) is 1. The molecule has 6 heteroatoms. The summed E-state index contributed by atoms with van der Waals surface area (Å²) in [5.74, 6) is 0.697. The number of fused-ring (bicyclic) bond motifs is 1. The van der Waals surface area contributed by atoms with Crippen molar-refractivity contribution in [1.82, 2.24) is 15.2 Å². The van der Waals surface area contributed by atoms with Crippen LogP contribution in [0.25, 0.3) is 0 Å². The number of aromatic nitrogens is 1. The zero-order valence-electron chi connectivity index (χ0n) is 16.1. The summed E-state index contributed by atoms with van der Waals surface area (Å²) < 4.78 is 6.38. The van der Waals surface area contributed by atoms with Crippen molar-refractivity contribution in [1.29, 1.82) is 0 Å². The minimum absolute atomic E-state index is 0.0104. The Labute approximate surface area is 164 Å². The van der Waals surface area contributed by atoms with Crippen molar-refractivity contribution in [3.05, 3.63) is 59.9 Å². The quantitative estimate of drug-likeness (QED) is 0.890. The lowest BCUT2D eigenvalue weighted by atomic mass is 9.78. The van der Waals surface area contributed by atoms with E-state index in [1.807, 2.05) is 43.4 Å². The second kappa shape index (κ2) is 7.62. The van der Waals surface area contributed by atoms with Crippen LogP contribution < -0.4 is 10.1 Å². The smallest absolute Gasteiger partial charge is 0.257 e. The van der Waals surface area contributed by atoms with Crippen LogP contribution in [0.2, 0.25) is 0 Å². The summed E-state index contributed by atoms with van der Waals surface area (Å²) in [7, 11) is 1.82. The van der Waals surface area contributed by atoms with Crippen molar-refractivity contribution < 1.29 is 14.3 Å². The number of nitrogens with one attached hydrogen (secondary N) is 1. The number of carbonyl (C=O) groups excluding carboxylic acids is 2. The van der Waals surface area contributed by atoms with Crippen LogP contribution in [0.1, 0.15) is 41.6 Å². The van der Waals surface area contributed by atoms with Crippen molar-refractivity contribution >= 4 is 11.8 Å². The molecule has 146 valence electrons. The van der Waals surface area contributed by atoms with Crippen LogP contribution in [0, 0.1) is 5.92 Å². The van der Waals surface area contributed by atoms with Crippen LogP contribution >= 0.6 is 0 Å². The number of rotatable bonds is 3. The van der Waals surface area contributed by atoms with Crippen LogP contribution in [-0.4, -0.2) is 40.9 Å². The van der Waals surface area contributed by atoms with Gasteiger partial charge in [-0.2, -0.15) is 0 Å². The number of nitrogens with zero attached hydrogens (tertiary/aromatic N) is 2. The Kier molecular flexibility index (Phi) is 5.03. The van der Waals surface area contributed by atoms with Crippen LogP contribution in [0.4, 0.5) is 0 Å². The van der Waals surface area contributed by atoms with Gasteiger partial charge in [-0.25, -0.2) is 0 Å². The van der Waals surface area contributed by atoms with Crippen LogP contribution in [-0.2, 0) is 11.3 Å². The molecule has 28 heavy (non-hydrogen) atoms. The summed E-state index contributed by atoms with van der Waals surface area (Å²) in [4.78, 5) is 31.0. The fraction of sp³-hybridized carbons (Fsp3) is 0.409. The Balaban J connectivity index is 1.40. The lowest BCUT2D eigenvalue weighted by Gasteiger charge is -2.40. The van der Waals surface area contributed by atoms with Gasteiger partial charge in [-0.15, -0.1) is 0 Å². The molecule has 1 aliphatic heterocycles. The molecule has 0 bridgehead atoms. The molecule has 1 spiro atoms. The summed E-state index contributed by atoms with van der Waals surface area (Å²) in [6.45, 7) is 1.04. The fourth-order valence-electron chi connectivity index (χ4n) is 4.21. The number of amides is 2. The highest BCUT2D eigenvalue weighted by Crippen LogP contribution is 2.39. The predicted octanol–water partition coefficient (Wildman–Crippen LogP) is 2.79. The first kappa shape index (κ1) is 18.5. The Morgan fingerprint density at radius 1 is 1.25 bits per heavy atom. The lowest BCUT2D eigenvalue weighted by Crippen LogP contribution is -2.49. The van der Waals surface area contributed by atoms with Crippen LogP contribution in [0.3, 0.4) is 0 Å². The van der Waals surface area contributed by atoms with Crippen LogP contribution in [0.5, 0.6) is 5.75 Å². The summed E-state index contributed by atoms with van der Waals surface area (Å²) in [6.07, 6.45) is 6.50. The lowest BCUT2D eigenvalue weighted by molar-refractivity contribution is -0.127. The van der Waals surface area contributed by atoms with Gasteiger partial charge in [0.05, 0.1) is 12.1 Å². The van der Waals surface area contributed by atoms with E-state index in [1.165, 1.54) is 0 Å². The van der Waals surface area contributed by atoms with Gasteiger partial charge in [0.2, 0.25) is 5.91 Å². The Bertz CT molecular complexity index is 860. The van der Waals surface area contributed by atoms with Gasteiger partial charge in [0.25, 0.3) is 5.91 Å². The van der Waals surface area contributed by atoms with E-state index in [1.54, 1.807) is 17.3 Å². The highest BCUT2D eigenvalue weighted by molar-refractivity contribution is 5.97. The third-order valence-corrected chi connectivity index (χ3v) is 5.77. The number of ether oxygens (including phenoxy) is 1. The first-order chi connectivity index (χ1) is 13.6. The molecule has 1 aliphatic carbocycles. The molecule has 1 aromatic heterocycles. The Morgan fingerprint density at radius 3 is 2.79 bits per heavy atom. The molecule has 1 N–H and O–H groups in total. The van der Waals surface area contributed by atoms with Gasteiger partial charge in [-0.05, 0) is 49.4 Å². The SMILES string of the molecule is CN1CC2(CCC(C(=O)NCc3cccnc3)CC2)Oc2ccccc2C1=O. The number of para-hydroxylation sites is 1. The van der Waals surface area contributed by atoms with Crippen molar-refractivity contribution in [3.8, 4) is 5.75 Å². The van der Waals surface area contributed by atoms with Gasteiger partial charge < -0.3 is 15.0 Å².